The molecule has 2 heterocycles. The summed E-state index contributed by atoms with van der Waals surface area (Å²) in [5.74, 6) is 0.988. The minimum atomic E-state index is 0.251. The number of nitrogens with one attached hydrogen (secondary N) is 1. The molecular weight excluding hydrogens is 254 g/mol. The number of furan rings is 1. The predicted molar refractivity (Wildman–Crippen MR) is 72.6 cm³/mol. The first-order valence-corrected chi connectivity index (χ1v) is 6.94. The molecule has 0 saturated heterocycles. The number of rotatable bonds is 5. The van der Waals surface area contributed by atoms with E-state index in [1.165, 1.54) is 4.88 Å². The van der Waals surface area contributed by atoms with Gasteiger partial charge in [-0.3, -0.25) is 5.32 Å². The molecule has 0 spiro atoms. The van der Waals surface area contributed by atoms with Gasteiger partial charge < -0.3 is 4.42 Å². The summed E-state index contributed by atoms with van der Waals surface area (Å²) in [4.78, 5) is 1.25. The fourth-order valence-corrected chi connectivity index (χ4v) is 2.91. The topological polar surface area (TPSA) is 25.2 Å². The van der Waals surface area contributed by atoms with Crippen molar-refractivity contribution in [3.63, 3.8) is 0 Å². The molecule has 17 heavy (non-hydrogen) atoms. The van der Waals surface area contributed by atoms with Crippen molar-refractivity contribution >= 4 is 22.9 Å². The van der Waals surface area contributed by atoms with Gasteiger partial charge in [0.25, 0.3) is 0 Å². The van der Waals surface area contributed by atoms with Crippen molar-refractivity contribution in [3.05, 3.63) is 45.5 Å². The van der Waals surface area contributed by atoms with Crippen LogP contribution in [0.25, 0.3) is 0 Å². The van der Waals surface area contributed by atoms with Gasteiger partial charge in [0.05, 0.1) is 16.6 Å². The van der Waals surface area contributed by atoms with Crippen molar-refractivity contribution in [1.29, 1.82) is 0 Å². The van der Waals surface area contributed by atoms with E-state index in [9.17, 15) is 0 Å². The highest BCUT2D eigenvalue weighted by Crippen LogP contribution is 2.29. The zero-order valence-electron chi connectivity index (χ0n) is 9.94. The van der Waals surface area contributed by atoms with Crippen LogP contribution < -0.4 is 5.32 Å². The van der Waals surface area contributed by atoms with Crippen LogP contribution in [0.15, 0.2) is 34.9 Å². The number of hydrogen-bond acceptors (Lipinski definition) is 3. The molecule has 2 nitrogen and oxygen atoms in total. The van der Waals surface area contributed by atoms with Crippen LogP contribution in [0.3, 0.4) is 0 Å². The van der Waals surface area contributed by atoms with E-state index in [1.807, 2.05) is 18.2 Å². The summed E-state index contributed by atoms with van der Waals surface area (Å²) in [7, 11) is 0. The van der Waals surface area contributed by atoms with Crippen molar-refractivity contribution in [2.24, 2.45) is 0 Å². The Bertz CT molecular complexity index is 452. The Morgan fingerprint density at radius 1 is 1.41 bits per heavy atom. The highest BCUT2D eigenvalue weighted by atomic mass is 35.5. The maximum Gasteiger partial charge on any atom is 0.120 e. The van der Waals surface area contributed by atoms with Gasteiger partial charge in [0.2, 0.25) is 0 Å². The molecule has 2 aromatic heterocycles. The van der Waals surface area contributed by atoms with Gasteiger partial charge in [0.15, 0.2) is 0 Å². The number of halogens is 1. The summed E-state index contributed by atoms with van der Waals surface area (Å²) in [5.41, 5.74) is 0. The van der Waals surface area contributed by atoms with Gasteiger partial charge in [-0.2, -0.15) is 0 Å². The molecule has 0 aliphatic rings. The molecule has 0 fully saturated rings. The highest BCUT2D eigenvalue weighted by Gasteiger charge is 2.16. The Labute approximate surface area is 111 Å². The smallest absolute Gasteiger partial charge is 0.120 e. The molecule has 2 atom stereocenters. The second-order valence-corrected chi connectivity index (χ2v) is 5.75. The van der Waals surface area contributed by atoms with Crippen LogP contribution in [-0.2, 0) is 0 Å². The standard InChI is InChI=1S/C13H16ClNOS/c1-3-10(11-5-4-8-16-11)15-9(2)12-6-7-13(14)17-12/h4-10,15H,3H2,1-2H3. The van der Waals surface area contributed by atoms with Crippen LogP contribution in [-0.4, -0.2) is 0 Å². The first-order valence-electron chi connectivity index (χ1n) is 5.75. The first kappa shape index (κ1) is 12.7. The SMILES string of the molecule is CCC(NC(C)c1ccc(Cl)s1)c1ccco1. The fraction of sp³-hybridized carbons (Fsp3) is 0.385. The minimum absolute atomic E-state index is 0.251. The molecule has 0 amide bonds. The molecule has 2 unspecified atom stereocenters. The summed E-state index contributed by atoms with van der Waals surface area (Å²) in [6.07, 6.45) is 2.71. The lowest BCUT2D eigenvalue weighted by Gasteiger charge is -2.19. The lowest BCUT2D eigenvalue weighted by Crippen LogP contribution is -2.23. The maximum absolute atomic E-state index is 5.95. The molecular formula is C13H16ClNOS. The predicted octanol–water partition coefficient (Wildman–Crippen LogP) is 4.80. The second-order valence-electron chi connectivity index (χ2n) is 4.01. The summed E-state index contributed by atoms with van der Waals surface area (Å²) in [5, 5.41) is 3.56. The summed E-state index contributed by atoms with van der Waals surface area (Å²) in [6.45, 7) is 4.29. The third-order valence-corrected chi connectivity index (χ3v) is 4.18. The Balaban J connectivity index is 2.04. The summed E-state index contributed by atoms with van der Waals surface area (Å²) >= 11 is 7.56. The molecule has 2 rings (SSSR count). The van der Waals surface area contributed by atoms with Crippen LogP contribution in [0.1, 0.15) is 43.0 Å². The quantitative estimate of drug-likeness (QED) is 0.844. The molecule has 0 bridgehead atoms. The third kappa shape index (κ3) is 3.12. The van der Waals surface area contributed by atoms with E-state index < -0.39 is 0 Å². The van der Waals surface area contributed by atoms with Crippen molar-refractivity contribution in [3.8, 4) is 0 Å². The monoisotopic (exact) mass is 269 g/mol. The van der Waals surface area contributed by atoms with Crippen LogP contribution in [0.5, 0.6) is 0 Å². The summed E-state index contributed by atoms with van der Waals surface area (Å²) < 4.78 is 6.28. The van der Waals surface area contributed by atoms with Crippen LogP contribution >= 0.6 is 22.9 Å². The van der Waals surface area contributed by atoms with Crippen LogP contribution in [0.4, 0.5) is 0 Å². The van der Waals surface area contributed by atoms with Crippen molar-refractivity contribution in [2.75, 3.05) is 0 Å². The molecule has 0 aliphatic carbocycles. The maximum atomic E-state index is 5.95. The average Bonchev–Trinajstić information content (AvgIpc) is 2.96. The Morgan fingerprint density at radius 3 is 2.76 bits per heavy atom. The first-order chi connectivity index (χ1) is 8.20. The average molecular weight is 270 g/mol. The summed E-state index contributed by atoms with van der Waals surface area (Å²) in [6, 6.07) is 8.47. The Kier molecular flexibility index (Phi) is 4.26. The number of hydrogen-bond donors (Lipinski definition) is 1. The molecule has 1 N–H and O–H groups in total. The molecule has 2 aromatic rings. The third-order valence-electron chi connectivity index (χ3n) is 2.77. The van der Waals surface area contributed by atoms with Gasteiger partial charge in [0.1, 0.15) is 5.76 Å². The van der Waals surface area contributed by atoms with Crippen molar-refractivity contribution < 1.29 is 4.42 Å². The van der Waals surface area contributed by atoms with E-state index in [-0.39, 0.29) is 12.1 Å². The van der Waals surface area contributed by atoms with Gasteiger partial charge in [-0.25, -0.2) is 0 Å². The lowest BCUT2D eigenvalue weighted by molar-refractivity contribution is 0.378. The second kappa shape index (κ2) is 5.71. The number of thiophene rings is 1. The van der Waals surface area contributed by atoms with E-state index in [1.54, 1.807) is 17.6 Å². The Hall–Kier alpha value is -0.770. The van der Waals surface area contributed by atoms with Crippen LogP contribution in [0, 0.1) is 0 Å². The molecule has 0 radical (unpaired) electrons. The van der Waals surface area contributed by atoms with Gasteiger partial charge in [-0.05, 0) is 37.6 Å². The molecule has 4 heteroatoms. The van der Waals surface area contributed by atoms with E-state index >= 15 is 0 Å². The van der Waals surface area contributed by atoms with E-state index in [4.69, 9.17) is 16.0 Å². The zero-order chi connectivity index (χ0) is 12.3. The normalized spacial score (nSPS) is 14.8. The molecule has 0 saturated carbocycles. The van der Waals surface area contributed by atoms with Gasteiger partial charge >= 0.3 is 0 Å². The fourth-order valence-electron chi connectivity index (χ4n) is 1.84. The minimum Gasteiger partial charge on any atom is -0.468 e. The Morgan fingerprint density at radius 2 is 2.24 bits per heavy atom. The molecule has 0 aromatic carbocycles. The van der Waals surface area contributed by atoms with Gasteiger partial charge in [-0.1, -0.05) is 18.5 Å². The van der Waals surface area contributed by atoms with Crippen molar-refractivity contribution in [1.82, 2.24) is 5.32 Å². The zero-order valence-corrected chi connectivity index (χ0v) is 11.5. The van der Waals surface area contributed by atoms with E-state index in [0.29, 0.717) is 0 Å². The highest BCUT2D eigenvalue weighted by molar-refractivity contribution is 7.16. The van der Waals surface area contributed by atoms with Crippen molar-refractivity contribution in [2.45, 2.75) is 32.4 Å². The van der Waals surface area contributed by atoms with Crippen LogP contribution in [0.2, 0.25) is 4.34 Å². The van der Waals surface area contributed by atoms with Gasteiger partial charge in [-0.15, -0.1) is 11.3 Å². The lowest BCUT2D eigenvalue weighted by atomic mass is 10.1. The molecule has 0 aliphatic heterocycles. The largest absolute Gasteiger partial charge is 0.468 e. The molecule has 92 valence electrons. The van der Waals surface area contributed by atoms with E-state index in [2.05, 4.69) is 25.2 Å². The van der Waals surface area contributed by atoms with E-state index in [0.717, 1.165) is 16.5 Å². The van der Waals surface area contributed by atoms with Gasteiger partial charge in [0, 0.05) is 10.9 Å².